The van der Waals surface area contributed by atoms with Gasteiger partial charge in [-0.15, -0.1) is 0 Å². The van der Waals surface area contributed by atoms with Crippen molar-refractivity contribution in [3.05, 3.63) is 108 Å². The number of rotatable bonds is 24. The molecule has 0 aromatic carbocycles. The second-order valence-electron chi connectivity index (χ2n) is 18.5. The molecule has 0 aliphatic rings. The van der Waals surface area contributed by atoms with Crippen molar-refractivity contribution in [2.75, 3.05) is 58.1 Å². The molecule has 7 aromatic rings. The molecule has 0 aliphatic heterocycles. The summed E-state index contributed by atoms with van der Waals surface area (Å²) < 4.78 is 10.4. The second kappa shape index (κ2) is 25.7. The Hall–Kier alpha value is -10.6. The predicted octanol–water partition coefficient (Wildman–Crippen LogP) is 0.809. The van der Waals surface area contributed by atoms with Gasteiger partial charge in [0.15, 0.2) is 23.3 Å². The van der Waals surface area contributed by atoms with Gasteiger partial charge >= 0.3 is 0 Å². The van der Waals surface area contributed by atoms with Crippen LogP contribution in [0.4, 0.5) is 34.5 Å². The Morgan fingerprint density at radius 1 is 0.383 bits per heavy atom. The normalized spacial score (nSPS) is 10.9. The molecule has 31 heteroatoms. The van der Waals surface area contributed by atoms with E-state index < -0.39 is 53.2 Å². The van der Waals surface area contributed by atoms with E-state index in [1.807, 2.05) is 0 Å². The van der Waals surface area contributed by atoms with Gasteiger partial charge < -0.3 is 85.1 Å². The third-order valence-corrected chi connectivity index (χ3v) is 12.0. The molecule has 10 amide bonds. The minimum Gasteiger partial charge on any atom is -0.351 e. The molecule has 0 aliphatic carbocycles. The first-order valence-electron chi connectivity index (χ1n) is 25.1. The Morgan fingerprint density at radius 3 is 1.26 bits per heavy atom. The van der Waals surface area contributed by atoms with Crippen molar-refractivity contribution >= 4 is 93.6 Å². The van der Waals surface area contributed by atoms with Gasteiger partial charge in [-0.25, -0.2) is 19.9 Å². The number of hydrogen-bond acceptors (Lipinski definition) is 14. The number of anilines is 6. The highest BCUT2D eigenvalue weighted by atomic mass is 16.2. The van der Waals surface area contributed by atoms with Crippen molar-refractivity contribution in [2.24, 2.45) is 49.3 Å². The molecule has 10 N–H and O–H groups in total. The van der Waals surface area contributed by atoms with Crippen LogP contribution < -0.4 is 53.2 Å². The van der Waals surface area contributed by atoms with Crippen molar-refractivity contribution in [3.63, 3.8) is 0 Å². The minimum absolute atomic E-state index is 0.00502. The van der Waals surface area contributed by atoms with Gasteiger partial charge in [-0.2, -0.15) is 0 Å². The fraction of sp³-hybridized carbons (Fsp3) is 0.320. The van der Waals surface area contributed by atoms with Crippen LogP contribution in [0, 0.1) is 0 Å². The van der Waals surface area contributed by atoms with E-state index in [4.69, 9.17) is 0 Å². The van der Waals surface area contributed by atoms with Crippen LogP contribution in [0.3, 0.4) is 0 Å². The summed E-state index contributed by atoms with van der Waals surface area (Å²) in [5, 5.41) is 26.6. The van der Waals surface area contributed by atoms with Crippen LogP contribution in [-0.4, -0.2) is 137 Å². The zero-order chi connectivity index (χ0) is 58.7. The highest BCUT2D eigenvalue weighted by Gasteiger charge is 2.23. The first-order chi connectivity index (χ1) is 38.6. The molecule has 0 radical (unpaired) electrons. The molecule has 0 fully saturated rings. The highest BCUT2D eigenvalue weighted by molar-refractivity contribution is 6.06. The van der Waals surface area contributed by atoms with E-state index in [1.165, 1.54) is 76.6 Å². The smallest absolute Gasteiger partial charge is 0.291 e. The summed E-state index contributed by atoms with van der Waals surface area (Å²) in [5.41, 5.74) is 1.66. The van der Waals surface area contributed by atoms with Crippen LogP contribution >= 0.6 is 0 Å². The maximum absolute atomic E-state index is 13.2. The Labute approximate surface area is 461 Å². The van der Waals surface area contributed by atoms with E-state index >= 15 is 0 Å². The number of aromatic nitrogens is 11. The number of carbonyl (C=O) groups excluding carboxylic acids is 10. The molecular formula is C50H61N21O10. The van der Waals surface area contributed by atoms with Crippen molar-refractivity contribution in [1.82, 2.24) is 73.2 Å². The number of nitrogens with zero attached hydrogens (tertiary/aromatic N) is 11. The quantitative estimate of drug-likeness (QED) is 0.0375. The molecule has 7 heterocycles. The molecule has 0 unspecified atom stereocenters. The molecule has 31 nitrogen and oxygen atoms in total. The monoisotopic (exact) mass is 1120 g/mol. The second-order valence-corrected chi connectivity index (χ2v) is 18.5. The summed E-state index contributed by atoms with van der Waals surface area (Å²) in [6.07, 6.45) is 12.2. The number of aryl methyl sites for hydroxylation is 7. The van der Waals surface area contributed by atoms with E-state index in [9.17, 15) is 47.9 Å². The summed E-state index contributed by atoms with van der Waals surface area (Å²) in [4.78, 5) is 145. The van der Waals surface area contributed by atoms with E-state index in [0.29, 0.717) is 17.9 Å². The van der Waals surface area contributed by atoms with Gasteiger partial charge in [0.1, 0.15) is 17.1 Å². The molecule has 0 saturated carbocycles. The third-order valence-electron chi connectivity index (χ3n) is 12.0. The van der Waals surface area contributed by atoms with Gasteiger partial charge in [-0.3, -0.25) is 47.9 Å². The maximum atomic E-state index is 13.2. The summed E-state index contributed by atoms with van der Waals surface area (Å²) in [5.74, 6) is -4.27. The van der Waals surface area contributed by atoms with Gasteiger partial charge in [0.05, 0.1) is 17.1 Å². The van der Waals surface area contributed by atoms with E-state index in [2.05, 4.69) is 73.1 Å². The van der Waals surface area contributed by atoms with Crippen molar-refractivity contribution in [3.8, 4) is 0 Å². The van der Waals surface area contributed by atoms with Crippen LogP contribution in [-0.2, 0) is 63.7 Å². The predicted molar refractivity (Wildman–Crippen MR) is 292 cm³/mol. The fourth-order valence-corrected chi connectivity index (χ4v) is 8.09. The number of hydrogen-bond donors (Lipinski definition) is 10. The fourth-order valence-electron chi connectivity index (χ4n) is 8.09. The van der Waals surface area contributed by atoms with Crippen LogP contribution in [0.25, 0.3) is 0 Å². The summed E-state index contributed by atoms with van der Waals surface area (Å²) in [6.45, 7) is 2.22. The van der Waals surface area contributed by atoms with E-state index in [1.54, 1.807) is 79.4 Å². The number of imidazole rings is 4. The lowest BCUT2D eigenvalue weighted by Gasteiger charge is -2.06. The largest absolute Gasteiger partial charge is 0.351 e. The van der Waals surface area contributed by atoms with Crippen molar-refractivity contribution in [1.29, 1.82) is 0 Å². The number of amides is 10. The molecule has 81 heavy (non-hydrogen) atoms. The van der Waals surface area contributed by atoms with Gasteiger partial charge in [0, 0.05) is 144 Å². The lowest BCUT2D eigenvalue weighted by molar-refractivity contribution is -0.117. The minimum atomic E-state index is -0.628. The lowest BCUT2D eigenvalue weighted by Crippen LogP contribution is -2.29. The zero-order valence-electron chi connectivity index (χ0n) is 45.5. The summed E-state index contributed by atoms with van der Waals surface area (Å²) in [7, 11) is 11.3. The maximum Gasteiger partial charge on any atom is 0.291 e. The molecule has 426 valence electrons. The van der Waals surface area contributed by atoms with E-state index in [0.717, 1.165) is 0 Å². The van der Waals surface area contributed by atoms with Crippen LogP contribution in [0.2, 0.25) is 0 Å². The molecule has 0 saturated heterocycles. The van der Waals surface area contributed by atoms with E-state index in [-0.39, 0.29) is 115 Å². The Morgan fingerprint density at radius 2 is 0.778 bits per heavy atom. The molecule has 7 aromatic heterocycles. The molecule has 0 spiro atoms. The van der Waals surface area contributed by atoms with Gasteiger partial charge in [-0.1, -0.05) is 0 Å². The topological polar surface area (TPSA) is 377 Å². The van der Waals surface area contributed by atoms with Crippen LogP contribution in [0.1, 0.15) is 107 Å². The summed E-state index contributed by atoms with van der Waals surface area (Å²) in [6, 6.07) is 4.42. The number of carbonyl (C=O) groups is 10. The average Bonchev–Trinajstić information content (AvgIpc) is 4.31. The van der Waals surface area contributed by atoms with Crippen molar-refractivity contribution < 1.29 is 47.9 Å². The first-order valence-corrected chi connectivity index (χ1v) is 25.1. The van der Waals surface area contributed by atoms with Gasteiger partial charge in [0.25, 0.3) is 41.4 Å². The zero-order valence-corrected chi connectivity index (χ0v) is 45.5. The first kappa shape index (κ1) is 58.1. The Bertz CT molecular complexity index is 3560. The SMILES string of the molecule is CCNC(=O)c1nc(NC(=O)c2cc(NC(=O)CCNC(=O)c3nc(NC(=O)CCCNC(=O)c4cc(NC(=O)c5nc(NC(=O)CCNC(=O)c6cc(NC(=O)c7nccn7C)cn6C)cn5C)cn4C)cn3C)cn2C)cn1C. The van der Waals surface area contributed by atoms with Crippen molar-refractivity contribution in [2.45, 2.75) is 32.6 Å². The summed E-state index contributed by atoms with van der Waals surface area (Å²) >= 11 is 0. The molecular weight excluding hydrogens is 1050 g/mol. The van der Waals surface area contributed by atoms with Crippen LogP contribution in [0.5, 0.6) is 0 Å². The standard InChI is InChI=1S/C50H61N21O10/c1-9-51-47(78)41-63-36(27-70(41)7)64-46(77)33-19-28(22-68(33)5)56-38(73)12-16-55-48(79)42-61-34(25-69(42)6)59-37(72)11-10-14-53-44(75)31-21-30(24-66(31)3)58-50(81)43-62-35(26-71(43)8)60-39(74)13-15-54-45(76)32-20-29(23-67(32)4)57-49(80)40-52-17-18-65(40)2/h17-27H,9-16H2,1-8H3,(H,51,78)(H,53,75)(H,54,76)(H,55,79)(H,56,73)(H,57,80)(H,58,81)(H,59,72)(H,60,74)(H,64,77). The van der Waals surface area contributed by atoms with Crippen LogP contribution in [0.15, 0.2) is 67.8 Å². The molecule has 7 rings (SSSR count). The molecule has 0 atom stereocenters. The van der Waals surface area contributed by atoms with Gasteiger partial charge in [0.2, 0.25) is 35.2 Å². The average molecular weight is 1120 g/mol. The Balaban J connectivity index is 0.778. The number of nitrogens with one attached hydrogen (secondary N) is 10. The Kier molecular flexibility index (Phi) is 18.4. The molecule has 0 bridgehead atoms. The highest BCUT2D eigenvalue weighted by Crippen LogP contribution is 2.19. The third kappa shape index (κ3) is 14.9. The lowest BCUT2D eigenvalue weighted by atomic mass is 10.3. The van der Waals surface area contributed by atoms with Gasteiger partial charge in [-0.05, 0) is 31.5 Å².